The van der Waals surface area contributed by atoms with Gasteiger partial charge in [0.05, 0.1) is 12.2 Å². The molecule has 0 aliphatic heterocycles. The predicted octanol–water partition coefficient (Wildman–Crippen LogP) is 3.65. The smallest absolute Gasteiger partial charge is 0.243 e. The van der Waals surface area contributed by atoms with Crippen LogP contribution in [0.3, 0.4) is 0 Å². The SMILES string of the molecule is Cc1cccc(NC(=S)NCC(=O)Nc2ccc(F)c(F)c2F)c1C. The summed E-state index contributed by atoms with van der Waals surface area (Å²) in [7, 11) is 0. The van der Waals surface area contributed by atoms with E-state index in [1.165, 1.54) is 0 Å². The van der Waals surface area contributed by atoms with Crippen molar-refractivity contribution in [3.8, 4) is 0 Å². The van der Waals surface area contributed by atoms with E-state index < -0.39 is 29.0 Å². The Morgan fingerprint density at radius 1 is 1.00 bits per heavy atom. The lowest BCUT2D eigenvalue weighted by molar-refractivity contribution is -0.115. The number of halogens is 3. The molecule has 25 heavy (non-hydrogen) atoms. The first-order valence-corrected chi connectivity index (χ1v) is 7.75. The Balaban J connectivity index is 1.91. The van der Waals surface area contributed by atoms with Crippen LogP contribution in [0.2, 0.25) is 0 Å². The standard InChI is InChI=1S/C17H16F3N3OS/c1-9-4-3-5-12(10(9)2)23-17(25)21-8-14(24)22-13-7-6-11(18)15(19)16(13)20/h3-7H,8H2,1-2H3,(H,22,24)(H2,21,23,25). The van der Waals surface area contributed by atoms with Crippen LogP contribution in [0.15, 0.2) is 30.3 Å². The van der Waals surface area contributed by atoms with E-state index in [-0.39, 0.29) is 11.7 Å². The number of anilines is 2. The molecular formula is C17H16F3N3OS. The van der Waals surface area contributed by atoms with Gasteiger partial charge in [-0.3, -0.25) is 4.79 Å². The summed E-state index contributed by atoms with van der Waals surface area (Å²) in [5.41, 5.74) is 2.45. The Morgan fingerprint density at radius 2 is 1.72 bits per heavy atom. The summed E-state index contributed by atoms with van der Waals surface area (Å²) in [4.78, 5) is 11.8. The minimum atomic E-state index is -1.64. The minimum absolute atomic E-state index is 0.203. The number of hydrogen-bond acceptors (Lipinski definition) is 2. The van der Waals surface area contributed by atoms with Gasteiger partial charge in [-0.25, -0.2) is 13.2 Å². The maximum Gasteiger partial charge on any atom is 0.243 e. The maximum atomic E-state index is 13.5. The molecule has 0 unspecified atom stereocenters. The van der Waals surface area contributed by atoms with Crippen LogP contribution < -0.4 is 16.0 Å². The van der Waals surface area contributed by atoms with E-state index in [0.717, 1.165) is 28.9 Å². The fourth-order valence-electron chi connectivity index (χ4n) is 2.03. The second-order valence-electron chi connectivity index (χ2n) is 5.33. The zero-order valence-corrected chi connectivity index (χ0v) is 14.4. The van der Waals surface area contributed by atoms with Gasteiger partial charge in [0.25, 0.3) is 0 Å². The molecule has 8 heteroatoms. The number of rotatable bonds is 4. The van der Waals surface area contributed by atoms with Gasteiger partial charge < -0.3 is 16.0 Å². The van der Waals surface area contributed by atoms with Gasteiger partial charge in [-0.1, -0.05) is 12.1 Å². The molecule has 2 rings (SSSR count). The molecule has 0 aliphatic rings. The molecule has 3 N–H and O–H groups in total. The van der Waals surface area contributed by atoms with Gasteiger partial charge in [-0.15, -0.1) is 0 Å². The molecule has 132 valence electrons. The van der Waals surface area contributed by atoms with Gasteiger partial charge in [0, 0.05) is 5.69 Å². The molecule has 0 bridgehead atoms. The molecule has 0 saturated carbocycles. The largest absolute Gasteiger partial charge is 0.353 e. The van der Waals surface area contributed by atoms with Crippen molar-refractivity contribution in [2.24, 2.45) is 0 Å². The van der Waals surface area contributed by atoms with Crippen molar-refractivity contribution in [2.75, 3.05) is 17.2 Å². The zero-order valence-electron chi connectivity index (χ0n) is 13.5. The Kier molecular flexibility index (Phi) is 5.97. The number of benzene rings is 2. The van der Waals surface area contributed by atoms with Gasteiger partial charge in [0.15, 0.2) is 22.6 Å². The lowest BCUT2D eigenvalue weighted by Crippen LogP contribution is -2.36. The van der Waals surface area contributed by atoms with Crippen molar-refractivity contribution in [1.29, 1.82) is 0 Å². The van der Waals surface area contributed by atoms with E-state index >= 15 is 0 Å². The number of thiocarbonyl (C=S) groups is 1. The molecule has 0 spiro atoms. The highest BCUT2D eigenvalue weighted by Crippen LogP contribution is 2.19. The highest BCUT2D eigenvalue weighted by molar-refractivity contribution is 7.80. The Labute approximate surface area is 148 Å². The lowest BCUT2D eigenvalue weighted by Gasteiger charge is -2.14. The van der Waals surface area contributed by atoms with Crippen LogP contribution in [0.1, 0.15) is 11.1 Å². The fourth-order valence-corrected chi connectivity index (χ4v) is 2.21. The molecule has 2 aromatic rings. The number of amides is 1. The molecule has 0 aromatic heterocycles. The van der Waals surface area contributed by atoms with Crippen molar-refractivity contribution in [3.05, 3.63) is 58.9 Å². The fraction of sp³-hybridized carbons (Fsp3) is 0.176. The number of aryl methyl sites for hydroxylation is 1. The highest BCUT2D eigenvalue weighted by atomic mass is 32.1. The monoisotopic (exact) mass is 367 g/mol. The third-order valence-electron chi connectivity index (χ3n) is 3.57. The summed E-state index contributed by atoms with van der Waals surface area (Å²) < 4.78 is 39.5. The summed E-state index contributed by atoms with van der Waals surface area (Å²) in [6, 6.07) is 7.34. The second-order valence-corrected chi connectivity index (χ2v) is 5.73. The Morgan fingerprint density at radius 3 is 2.44 bits per heavy atom. The van der Waals surface area contributed by atoms with E-state index in [0.29, 0.717) is 0 Å². The molecule has 0 heterocycles. The average Bonchev–Trinajstić information content (AvgIpc) is 2.58. The van der Waals surface area contributed by atoms with Gasteiger partial charge in [0.2, 0.25) is 5.91 Å². The molecule has 0 saturated heterocycles. The summed E-state index contributed by atoms with van der Waals surface area (Å²) in [6.07, 6.45) is 0. The summed E-state index contributed by atoms with van der Waals surface area (Å²) in [5, 5.41) is 7.97. The van der Waals surface area contributed by atoms with Crippen LogP contribution in [-0.4, -0.2) is 17.6 Å². The lowest BCUT2D eigenvalue weighted by atomic mass is 10.1. The van der Waals surface area contributed by atoms with Gasteiger partial charge in [0.1, 0.15) is 0 Å². The van der Waals surface area contributed by atoms with Crippen LogP contribution in [0, 0.1) is 31.3 Å². The van der Waals surface area contributed by atoms with Crippen molar-refractivity contribution in [2.45, 2.75) is 13.8 Å². The third-order valence-corrected chi connectivity index (χ3v) is 3.82. The number of nitrogens with one attached hydrogen (secondary N) is 3. The first-order valence-electron chi connectivity index (χ1n) is 7.34. The van der Waals surface area contributed by atoms with E-state index in [1.54, 1.807) is 0 Å². The first-order chi connectivity index (χ1) is 11.8. The van der Waals surface area contributed by atoms with Crippen LogP contribution in [0.25, 0.3) is 0 Å². The third kappa shape index (κ3) is 4.69. The Hall–Kier alpha value is -2.61. The summed E-state index contributed by atoms with van der Waals surface area (Å²) in [5.74, 6) is -5.08. The zero-order chi connectivity index (χ0) is 18.6. The van der Waals surface area contributed by atoms with E-state index in [2.05, 4.69) is 16.0 Å². The second kappa shape index (κ2) is 7.98. The van der Waals surface area contributed by atoms with Crippen LogP contribution in [0.5, 0.6) is 0 Å². The normalized spacial score (nSPS) is 10.3. The van der Waals surface area contributed by atoms with Crippen molar-refractivity contribution in [3.63, 3.8) is 0 Å². The Bertz CT molecular complexity index is 827. The first kappa shape index (κ1) is 18.7. The molecule has 1 amide bonds. The van der Waals surface area contributed by atoms with Gasteiger partial charge in [-0.05, 0) is 55.4 Å². The van der Waals surface area contributed by atoms with Crippen molar-refractivity contribution < 1.29 is 18.0 Å². The van der Waals surface area contributed by atoms with E-state index in [1.807, 2.05) is 32.0 Å². The van der Waals surface area contributed by atoms with E-state index in [9.17, 15) is 18.0 Å². The quantitative estimate of drug-likeness (QED) is 0.570. The van der Waals surface area contributed by atoms with E-state index in [4.69, 9.17) is 12.2 Å². The molecule has 0 aliphatic carbocycles. The van der Waals surface area contributed by atoms with Gasteiger partial charge >= 0.3 is 0 Å². The molecule has 0 atom stereocenters. The molecule has 0 radical (unpaired) electrons. The number of carbonyl (C=O) groups excluding carboxylic acids is 1. The highest BCUT2D eigenvalue weighted by Gasteiger charge is 2.15. The summed E-state index contributed by atoms with van der Waals surface area (Å²) >= 11 is 5.10. The maximum absolute atomic E-state index is 13.5. The summed E-state index contributed by atoms with van der Waals surface area (Å²) in [6.45, 7) is 3.62. The van der Waals surface area contributed by atoms with Crippen LogP contribution in [-0.2, 0) is 4.79 Å². The van der Waals surface area contributed by atoms with Gasteiger partial charge in [-0.2, -0.15) is 0 Å². The number of hydrogen-bond donors (Lipinski definition) is 3. The molecule has 4 nitrogen and oxygen atoms in total. The van der Waals surface area contributed by atoms with Crippen LogP contribution in [0.4, 0.5) is 24.5 Å². The predicted molar refractivity (Wildman–Crippen MR) is 95.1 cm³/mol. The molecular weight excluding hydrogens is 351 g/mol. The molecule has 0 fully saturated rings. The minimum Gasteiger partial charge on any atom is -0.353 e. The number of carbonyl (C=O) groups is 1. The van der Waals surface area contributed by atoms with Crippen molar-refractivity contribution >= 4 is 34.6 Å². The van der Waals surface area contributed by atoms with Crippen LogP contribution >= 0.6 is 12.2 Å². The van der Waals surface area contributed by atoms with Crippen molar-refractivity contribution in [1.82, 2.24) is 5.32 Å². The molecule has 2 aromatic carbocycles. The average molecular weight is 367 g/mol. The topological polar surface area (TPSA) is 53.2 Å².